The van der Waals surface area contributed by atoms with Gasteiger partial charge in [-0.25, -0.2) is 8.42 Å². The van der Waals surface area contributed by atoms with E-state index in [2.05, 4.69) is 5.32 Å². The minimum absolute atomic E-state index is 0.115. The third-order valence-corrected chi connectivity index (χ3v) is 6.44. The van der Waals surface area contributed by atoms with E-state index < -0.39 is 15.9 Å². The molecule has 0 saturated heterocycles. The molecule has 3 aromatic rings. The topological polar surface area (TPSA) is 75.7 Å². The first-order valence-electron chi connectivity index (χ1n) is 9.48. The van der Waals surface area contributed by atoms with Gasteiger partial charge < -0.3 is 10.1 Å². The zero-order chi connectivity index (χ0) is 21.6. The van der Waals surface area contributed by atoms with Crippen molar-refractivity contribution in [2.75, 3.05) is 18.0 Å². The van der Waals surface area contributed by atoms with Gasteiger partial charge in [0.1, 0.15) is 12.3 Å². The Morgan fingerprint density at radius 2 is 1.50 bits per heavy atom. The summed E-state index contributed by atoms with van der Waals surface area (Å²) in [4.78, 5) is 12.9. The van der Waals surface area contributed by atoms with Gasteiger partial charge in [-0.15, -0.1) is 0 Å². The molecule has 3 aromatic carbocycles. The maximum Gasteiger partial charge on any atom is 0.264 e. The molecule has 0 aliphatic carbocycles. The first-order valence-corrected chi connectivity index (χ1v) is 10.9. The highest BCUT2D eigenvalue weighted by Crippen LogP contribution is 2.25. The van der Waals surface area contributed by atoms with Gasteiger partial charge in [0.15, 0.2) is 0 Å². The number of sulfonamides is 1. The van der Waals surface area contributed by atoms with E-state index in [1.807, 2.05) is 37.3 Å². The Morgan fingerprint density at radius 3 is 2.07 bits per heavy atom. The molecule has 1 N–H and O–H groups in total. The first kappa shape index (κ1) is 21.4. The lowest BCUT2D eigenvalue weighted by molar-refractivity contribution is -0.120. The molecule has 0 aromatic heterocycles. The van der Waals surface area contributed by atoms with Gasteiger partial charge in [0.05, 0.1) is 23.7 Å². The van der Waals surface area contributed by atoms with Crippen LogP contribution in [0.1, 0.15) is 18.5 Å². The van der Waals surface area contributed by atoms with Crippen LogP contribution >= 0.6 is 0 Å². The summed E-state index contributed by atoms with van der Waals surface area (Å²) in [5, 5.41) is 2.87. The van der Waals surface area contributed by atoms with Crippen LogP contribution in [-0.2, 0) is 14.8 Å². The van der Waals surface area contributed by atoms with E-state index in [4.69, 9.17) is 4.74 Å². The molecule has 0 spiro atoms. The fraction of sp³-hybridized carbons (Fsp3) is 0.174. The van der Waals surface area contributed by atoms with Crippen molar-refractivity contribution in [3.8, 4) is 5.75 Å². The number of methoxy groups -OCH3 is 1. The largest absolute Gasteiger partial charge is 0.497 e. The van der Waals surface area contributed by atoms with Crippen LogP contribution in [0.4, 0.5) is 5.69 Å². The van der Waals surface area contributed by atoms with E-state index in [0.29, 0.717) is 11.4 Å². The summed E-state index contributed by atoms with van der Waals surface area (Å²) in [7, 11) is -2.40. The number of amides is 1. The van der Waals surface area contributed by atoms with Crippen LogP contribution in [0.2, 0.25) is 0 Å². The summed E-state index contributed by atoms with van der Waals surface area (Å²) >= 11 is 0. The number of benzene rings is 3. The third kappa shape index (κ3) is 4.99. The van der Waals surface area contributed by atoms with Crippen LogP contribution in [0.3, 0.4) is 0 Å². The molecule has 156 valence electrons. The Kier molecular flexibility index (Phi) is 6.74. The SMILES string of the molecule is COc1ccc(N(CC(=O)NC(C)c2ccccc2)S(=O)(=O)c2ccccc2)cc1. The minimum Gasteiger partial charge on any atom is -0.497 e. The van der Waals surface area contributed by atoms with Crippen molar-refractivity contribution in [1.29, 1.82) is 0 Å². The van der Waals surface area contributed by atoms with Crippen molar-refractivity contribution in [2.45, 2.75) is 17.9 Å². The van der Waals surface area contributed by atoms with Gasteiger partial charge in [-0.3, -0.25) is 9.10 Å². The number of hydrogen-bond donors (Lipinski definition) is 1. The summed E-state index contributed by atoms with van der Waals surface area (Å²) in [6.45, 7) is 1.51. The van der Waals surface area contributed by atoms with Crippen LogP contribution < -0.4 is 14.4 Å². The van der Waals surface area contributed by atoms with E-state index in [1.54, 1.807) is 42.5 Å². The zero-order valence-electron chi connectivity index (χ0n) is 16.9. The molecule has 0 radical (unpaired) electrons. The van der Waals surface area contributed by atoms with Crippen molar-refractivity contribution < 1.29 is 17.9 Å². The molecule has 0 heterocycles. The first-order chi connectivity index (χ1) is 14.4. The van der Waals surface area contributed by atoms with E-state index in [1.165, 1.54) is 19.2 Å². The Bertz CT molecular complexity index is 1070. The Balaban J connectivity index is 1.88. The average Bonchev–Trinajstić information content (AvgIpc) is 2.78. The average molecular weight is 425 g/mol. The molecular formula is C23H24N2O4S. The predicted octanol–water partition coefficient (Wildman–Crippen LogP) is 3.77. The molecule has 0 aliphatic rings. The maximum atomic E-state index is 13.3. The minimum atomic E-state index is -3.94. The smallest absolute Gasteiger partial charge is 0.264 e. The molecule has 1 amide bonds. The molecule has 0 bridgehead atoms. The number of hydrogen-bond acceptors (Lipinski definition) is 4. The summed E-state index contributed by atoms with van der Waals surface area (Å²) in [5.74, 6) is 0.194. The second kappa shape index (κ2) is 9.45. The molecule has 6 nitrogen and oxygen atoms in total. The van der Waals surface area contributed by atoms with Crippen molar-refractivity contribution in [3.63, 3.8) is 0 Å². The van der Waals surface area contributed by atoms with Crippen molar-refractivity contribution in [1.82, 2.24) is 5.32 Å². The number of carbonyl (C=O) groups excluding carboxylic acids is 1. The second-order valence-corrected chi connectivity index (χ2v) is 8.58. The van der Waals surface area contributed by atoms with Crippen LogP contribution in [0, 0.1) is 0 Å². The monoisotopic (exact) mass is 424 g/mol. The molecule has 7 heteroatoms. The fourth-order valence-electron chi connectivity index (χ4n) is 3.03. The van der Waals surface area contributed by atoms with Gasteiger partial charge in [-0.1, -0.05) is 48.5 Å². The Hall–Kier alpha value is -3.32. The van der Waals surface area contributed by atoms with Gasteiger partial charge in [-0.2, -0.15) is 0 Å². The summed E-state index contributed by atoms with van der Waals surface area (Å²) in [6.07, 6.45) is 0. The second-order valence-electron chi connectivity index (χ2n) is 6.72. The van der Waals surface area contributed by atoms with Gasteiger partial charge in [0.2, 0.25) is 5.91 Å². The molecule has 0 aliphatic heterocycles. The van der Waals surface area contributed by atoms with Crippen LogP contribution in [0.15, 0.2) is 89.8 Å². The van der Waals surface area contributed by atoms with Crippen molar-refractivity contribution in [3.05, 3.63) is 90.5 Å². The molecule has 3 rings (SSSR count). The molecule has 1 atom stereocenters. The van der Waals surface area contributed by atoms with Crippen molar-refractivity contribution in [2.24, 2.45) is 0 Å². The normalized spacial score (nSPS) is 12.1. The number of rotatable bonds is 8. The molecular weight excluding hydrogens is 400 g/mol. The maximum absolute atomic E-state index is 13.3. The number of anilines is 1. The van der Waals surface area contributed by atoms with Gasteiger partial charge in [-0.05, 0) is 48.9 Å². The highest BCUT2D eigenvalue weighted by atomic mass is 32.2. The Morgan fingerprint density at radius 1 is 0.933 bits per heavy atom. The summed E-state index contributed by atoms with van der Waals surface area (Å²) < 4.78 is 32.8. The quantitative estimate of drug-likeness (QED) is 0.597. The van der Waals surface area contributed by atoms with Crippen LogP contribution in [0.5, 0.6) is 5.75 Å². The number of carbonyl (C=O) groups is 1. The highest BCUT2D eigenvalue weighted by molar-refractivity contribution is 7.92. The molecule has 0 fully saturated rings. The van der Waals surface area contributed by atoms with Gasteiger partial charge in [0, 0.05) is 0 Å². The molecule has 0 saturated carbocycles. The summed E-state index contributed by atoms with van der Waals surface area (Å²) in [5.41, 5.74) is 1.31. The van der Waals surface area contributed by atoms with E-state index in [9.17, 15) is 13.2 Å². The lowest BCUT2D eigenvalue weighted by Crippen LogP contribution is -2.41. The van der Waals surface area contributed by atoms with E-state index in [-0.39, 0.29) is 17.5 Å². The predicted molar refractivity (Wildman–Crippen MR) is 117 cm³/mol. The number of ether oxygens (including phenoxy) is 1. The third-order valence-electron chi connectivity index (χ3n) is 4.66. The van der Waals surface area contributed by atoms with Crippen LogP contribution in [-0.4, -0.2) is 28.0 Å². The highest BCUT2D eigenvalue weighted by Gasteiger charge is 2.27. The zero-order valence-corrected chi connectivity index (χ0v) is 17.7. The Labute approximate surface area is 177 Å². The van der Waals surface area contributed by atoms with Gasteiger partial charge in [0.25, 0.3) is 10.0 Å². The van der Waals surface area contributed by atoms with Crippen molar-refractivity contribution >= 4 is 21.6 Å². The summed E-state index contributed by atoms with van der Waals surface area (Å²) in [6, 6.07) is 23.9. The molecule has 1 unspecified atom stereocenters. The van der Waals surface area contributed by atoms with E-state index in [0.717, 1.165) is 9.87 Å². The van der Waals surface area contributed by atoms with Gasteiger partial charge >= 0.3 is 0 Å². The number of nitrogens with one attached hydrogen (secondary N) is 1. The fourth-order valence-corrected chi connectivity index (χ4v) is 4.47. The molecule has 30 heavy (non-hydrogen) atoms. The number of nitrogens with zero attached hydrogens (tertiary/aromatic N) is 1. The van der Waals surface area contributed by atoms with E-state index >= 15 is 0 Å². The lowest BCUT2D eigenvalue weighted by Gasteiger charge is -2.25. The lowest BCUT2D eigenvalue weighted by atomic mass is 10.1. The standard InChI is InChI=1S/C23H24N2O4S/c1-18(19-9-5-3-6-10-19)24-23(26)17-25(20-13-15-21(29-2)16-14-20)30(27,28)22-11-7-4-8-12-22/h3-16,18H,17H2,1-2H3,(H,24,26). The van der Waals surface area contributed by atoms with Crippen LogP contribution in [0.25, 0.3) is 0 Å².